The lowest BCUT2D eigenvalue weighted by Gasteiger charge is -2.22. The largest absolute Gasteiger partial charge is 0.507 e. The SMILES string of the molecule is O/N=C1\Cc2cc(-c3c(O)ccc4ccccc34)c3ccccc3c2C\C1=N/O. The van der Waals surface area contributed by atoms with E-state index in [1.165, 1.54) is 0 Å². The van der Waals surface area contributed by atoms with E-state index < -0.39 is 0 Å². The summed E-state index contributed by atoms with van der Waals surface area (Å²) in [5.41, 5.74) is 4.46. The highest BCUT2D eigenvalue weighted by atomic mass is 16.4. The Balaban J connectivity index is 1.88. The van der Waals surface area contributed by atoms with Gasteiger partial charge < -0.3 is 15.5 Å². The van der Waals surface area contributed by atoms with Crippen molar-refractivity contribution >= 4 is 33.0 Å². The molecule has 0 radical (unpaired) electrons. The zero-order valence-electron chi connectivity index (χ0n) is 15.5. The predicted octanol–water partition coefficient (Wildman–Crippen LogP) is 5.12. The molecule has 0 atom stereocenters. The number of phenols is 1. The molecule has 29 heavy (non-hydrogen) atoms. The summed E-state index contributed by atoms with van der Waals surface area (Å²) in [5.74, 6) is 0.221. The molecule has 0 fully saturated rings. The van der Waals surface area contributed by atoms with Crippen LogP contribution in [-0.4, -0.2) is 26.9 Å². The van der Waals surface area contributed by atoms with E-state index in [1.54, 1.807) is 6.07 Å². The van der Waals surface area contributed by atoms with Crippen molar-refractivity contribution in [2.75, 3.05) is 0 Å². The van der Waals surface area contributed by atoms with Gasteiger partial charge in [-0.05, 0) is 50.4 Å². The van der Waals surface area contributed by atoms with Gasteiger partial charge in [-0.2, -0.15) is 0 Å². The number of phenolic OH excluding ortho intramolecular Hbond substituents is 1. The van der Waals surface area contributed by atoms with Crippen molar-refractivity contribution < 1.29 is 15.5 Å². The molecule has 4 aromatic rings. The molecule has 1 aliphatic carbocycles. The van der Waals surface area contributed by atoms with Crippen LogP contribution in [0.3, 0.4) is 0 Å². The van der Waals surface area contributed by atoms with Crippen molar-refractivity contribution in [3.8, 4) is 16.9 Å². The van der Waals surface area contributed by atoms with Gasteiger partial charge in [-0.15, -0.1) is 0 Å². The first-order chi connectivity index (χ1) is 14.2. The van der Waals surface area contributed by atoms with E-state index in [9.17, 15) is 15.5 Å². The van der Waals surface area contributed by atoms with Gasteiger partial charge in [0.25, 0.3) is 0 Å². The predicted molar refractivity (Wildman–Crippen MR) is 114 cm³/mol. The summed E-state index contributed by atoms with van der Waals surface area (Å²) in [6, 6.07) is 21.7. The summed E-state index contributed by atoms with van der Waals surface area (Å²) in [6.07, 6.45) is 0.738. The third-order valence-corrected chi connectivity index (χ3v) is 5.70. The number of oxime groups is 2. The Morgan fingerprint density at radius 2 is 1.34 bits per heavy atom. The van der Waals surface area contributed by atoms with Crippen LogP contribution in [0.25, 0.3) is 32.7 Å². The maximum Gasteiger partial charge on any atom is 0.124 e. The van der Waals surface area contributed by atoms with Gasteiger partial charge in [-0.25, -0.2) is 0 Å². The van der Waals surface area contributed by atoms with E-state index in [4.69, 9.17) is 0 Å². The minimum atomic E-state index is 0.221. The molecule has 142 valence electrons. The first-order valence-electron chi connectivity index (χ1n) is 9.38. The van der Waals surface area contributed by atoms with Gasteiger partial charge in [-0.1, -0.05) is 64.9 Å². The molecule has 0 bridgehead atoms. The average molecular weight is 382 g/mol. The van der Waals surface area contributed by atoms with Gasteiger partial charge in [0.15, 0.2) is 0 Å². The van der Waals surface area contributed by atoms with Crippen molar-refractivity contribution in [3.63, 3.8) is 0 Å². The van der Waals surface area contributed by atoms with E-state index in [1.807, 2.05) is 54.6 Å². The molecular weight excluding hydrogens is 364 g/mol. The summed E-state index contributed by atoms with van der Waals surface area (Å²) in [7, 11) is 0. The molecule has 0 saturated heterocycles. The van der Waals surface area contributed by atoms with E-state index in [0.717, 1.165) is 43.8 Å². The zero-order valence-corrected chi connectivity index (χ0v) is 15.5. The minimum absolute atomic E-state index is 0.221. The molecule has 5 nitrogen and oxygen atoms in total. The normalized spacial score (nSPS) is 16.6. The fraction of sp³-hybridized carbons (Fsp3) is 0.0833. The Bertz CT molecular complexity index is 1340. The van der Waals surface area contributed by atoms with Gasteiger partial charge >= 0.3 is 0 Å². The summed E-state index contributed by atoms with van der Waals surface area (Å²) in [5, 5.41) is 40.2. The van der Waals surface area contributed by atoms with E-state index in [2.05, 4.69) is 16.4 Å². The second-order valence-electron chi connectivity index (χ2n) is 7.24. The van der Waals surface area contributed by atoms with E-state index in [0.29, 0.717) is 24.3 Å². The molecule has 0 unspecified atom stereocenters. The molecule has 3 N–H and O–H groups in total. The molecule has 4 aromatic carbocycles. The number of nitrogens with zero attached hydrogens (tertiary/aromatic N) is 2. The molecule has 0 amide bonds. The van der Waals surface area contributed by atoms with Crippen LogP contribution < -0.4 is 0 Å². The quantitative estimate of drug-likeness (QED) is 0.315. The summed E-state index contributed by atoms with van der Waals surface area (Å²) >= 11 is 0. The van der Waals surface area contributed by atoms with Crippen molar-refractivity contribution in [2.24, 2.45) is 10.3 Å². The van der Waals surface area contributed by atoms with Crippen molar-refractivity contribution in [1.29, 1.82) is 0 Å². The average Bonchev–Trinajstić information content (AvgIpc) is 2.77. The van der Waals surface area contributed by atoms with Crippen LogP contribution >= 0.6 is 0 Å². The Morgan fingerprint density at radius 3 is 2.10 bits per heavy atom. The topological polar surface area (TPSA) is 85.4 Å². The summed E-state index contributed by atoms with van der Waals surface area (Å²) in [6.45, 7) is 0. The third kappa shape index (κ3) is 2.63. The first kappa shape index (κ1) is 17.3. The standard InChI is InChI=1S/C24H18N2O3/c27-23-10-9-14-5-1-2-6-16(14)24(23)20-11-15-12-21(25-28)22(26-29)13-19(15)17-7-3-4-8-18(17)20/h1-11,27-29H,12-13H2/b25-21+,26-22+. The molecule has 5 heteroatoms. The van der Waals surface area contributed by atoms with Crippen molar-refractivity contribution in [2.45, 2.75) is 12.8 Å². The van der Waals surface area contributed by atoms with Gasteiger partial charge in [0.1, 0.15) is 17.2 Å². The highest BCUT2D eigenvalue weighted by molar-refractivity contribution is 6.44. The molecule has 0 aromatic heterocycles. The van der Waals surface area contributed by atoms with Gasteiger partial charge in [0.2, 0.25) is 0 Å². The van der Waals surface area contributed by atoms with Crippen LogP contribution in [0.5, 0.6) is 5.75 Å². The van der Waals surface area contributed by atoms with Crippen LogP contribution in [-0.2, 0) is 12.8 Å². The number of hydrogen-bond acceptors (Lipinski definition) is 5. The number of aromatic hydroxyl groups is 1. The Kier molecular flexibility index (Phi) is 3.95. The Morgan fingerprint density at radius 1 is 0.690 bits per heavy atom. The fourth-order valence-corrected chi connectivity index (χ4v) is 4.35. The smallest absolute Gasteiger partial charge is 0.124 e. The summed E-state index contributed by atoms with van der Waals surface area (Å²) < 4.78 is 0. The molecule has 5 rings (SSSR count). The lowest BCUT2D eigenvalue weighted by atomic mass is 9.82. The Labute approximate surface area is 166 Å². The first-order valence-corrected chi connectivity index (χ1v) is 9.38. The van der Waals surface area contributed by atoms with E-state index >= 15 is 0 Å². The van der Waals surface area contributed by atoms with Gasteiger partial charge in [-0.3, -0.25) is 0 Å². The molecule has 0 heterocycles. The van der Waals surface area contributed by atoms with E-state index in [-0.39, 0.29) is 5.75 Å². The molecule has 0 aliphatic heterocycles. The second-order valence-corrected chi connectivity index (χ2v) is 7.24. The van der Waals surface area contributed by atoms with Crippen LogP contribution in [0.2, 0.25) is 0 Å². The number of fused-ring (bicyclic) bond motifs is 4. The molecular formula is C24H18N2O3. The highest BCUT2D eigenvalue weighted by Gasteiger charge is 2.25. The minimum Gasteiger partial charge on any atom is -0.507 e. The molecule has 0 saturated carbocycles. The van der Waals surface area contributed by atoms with Gasteiger partial charge in [0, 0.05) is 18.4 Å². The monoisotopic (exact) mass is 382 g/mol. The lowest BCUT2D eigenvalue weighted by Crippen LogP contribution is -2.26. The van der Waals surface area contributed by atoms with Crippen LogP contribution in [0.4, 0.5) is 0 Å². The Hall–Kier alpha value is -3.86. The number of benzene rings is 4. The molecule has 1 aliphatic rings. The van der Waals surface area contributed by atoms with Gasteiger partial charge in [0.05, 0.1) is 0 Å². The maximum atomic E-state index is 10.8. The van der Waals surface area contributed by atoms with Crippen LogP contribution in [0.1, 0.15) is 11.1 Å². The summed E-state index contributed by atoms with van der Waals surface area (Å²) in [4.78, 5) is 0. The number of hydrogen-bond donors (Lipinski definition) is 3. The van der Waals surface area contributed by atoms with Crippen LogP contribution in [0.15, 0.2) is 77.0 Å². The molecule has 0 spiro atoms. The highest BCUT2D eigenvalue weighted by Crippen LogP contribution is 2.42. The lowest BCUT2D eigenvalue weighted by molar-refractivity contribution is 0.312. The fourth-order valence-electron chi connectivity index (χ4n) is 4.35. The maximum absolute atomic E-state index is 10.8. The third-order valence-electron chi connectivity index (χ3n) is 5.70. The van der Waals surface area contributed by atoms with Crippen molar-refractivity contribution in [3.05, 3.63) is 77.9 Å². The van der Waals surface area contributed by atoms with Crippen LogP contribution in [0, 0.1) is 0 Å². The second kappa shape index (κ2) is 6.63. The number of rotatable bonds is 1. The zero-order chi connectivity index (χ0) is 20.0. The van der Waals surface area contributed by atoms with Crippen molar-refractivity contribution in [1.82, 2.24) is 0 Å².